The molecule has 0 aliphatic rings. The highest BCUT2D eigenvalue weighted by molar-refractivity contribution is 5.86. The van der Waals surface area contributed by atoms with Crippen LogP contribution in [-0.4, -0.2) is 28.1 Å². The molecule has 0 saturated carbocycles. The van der Waals surface area contributed by atoms with Crippen molar-refractivity contribution in [1.29, 1.82) is 0 Å². The third-order valence-corrected chi connectivity index (χ3v) is 1.49. The molecule has 0 spiro atoms. The first-order valence-electron chi connectivity index (χ1n) is 4.12. The highest BCUT2D eigenvalue weighted by Gasteiger charge is 2.10. The highest BCUT2D eigenvalue weighted by Crippen LogP contribution is 1.99. The maximum atomic E-state index is 11.0. The van der Waals surface area contributed by atoms with Crippen LogP contribution < -0.4 is 0 Å². The van der Waals surface area contributed by atoms with E-state index in [1.165, 1.54) is 7.11 Å². The van der Waals surface area contributed by atoms with E-state index in [-0.39, 0.29) is 5.69 Å². The second-order valence-corrected chi connectivity index (χ2v) is 3.21. The fourth-order valence-corrected chi connectivity index (χ4v) is 0.960. The number of ether oxygens (including phenoxy) is 1. The highest BCUT2D eigenvalue weighted by atomic mass is 16.5. The fraction of sp³-hybridized carbons (Fsp3) is 0.625. The van der Waals surface area contributed by atoms with Crippen LogP contribution in [0.3, 0.4) is 0 Å². The first-order chi connectivity index (χ1) is 6.13. The SMILES string of the molecule is COC(=O)c1cn(CC(C)C)nn1. The van der Waals surface area contributed by atoms with Crippen LogP contribution in [0.25, 0.3) is 0 Å². The number of aromatic nitrogens is 3. The van der Waals surface area contributed by atoms with E-state index in [0.29, 0.717) is 5.92 Å². The Labute approximate surface area is 76.7 Å². The molecule has 72 valence electrons. The van der Waals surface area contributed by atoms with Crippen molar-refractivity contribution < 1.29 is 9.53 Å². The third kappa shape index (κ3) is 2.54. The molecule has 0 aliphatic carbocycles. The smallest absolute Gasteiger partial charge is 0.360 e. The summed E-state index contributed by atoms with van der Waals surface area (Å²) in [6, 6.07) is 0. The molecule has 1 aromatic heterocycles. The Hall–Kier alpha value is -1.39. The molecule has 0 N–H and O–H groups in total. The van der Waals surface area contributed by atoms with E-state index >= 15 is 0 Å². The Morgan fingerprint density at radius 2 is 2.38 bits per heavy atom. The number of carbonyl (C=O) groups is 1. The monoisotopic (exact) mass is 183 g/mol. The zero-order valence-corrected chi connectivity index (χ0v) is 8.02. The largest absolute Gasteiger partial charge is 0.464 e. The average Bonchev–Trinajstić information content (AvgIpc) is 2.50. The summed E-state index contributed by atoms with van der Waals surface area (Å²) in [4.78, 5) is 11.0. The van der Waals surface area contributed by atoms with E-state index in [1.807, 2.05) is 0 Å². The van der Waals surface area contributed by atoms with Crippen LogP contribution in [-0.2, 0) is 11.3 Å². The minimum absolute atomic E-state index is 0.253. The summed E-state index contributed by atoms with van der Waals surface area (Å²) >= 11 is 0. The second-order valence-electron chi connectivity index (χ2n) is 3.21. The zero-order valence-electron chi connectivity index (χ0n) is 8.02. The van der Waals surface area contributed by atoms with Gasteiger partial charge in [0.05, 0.1) is 13.3 Å². The maximum absolute atomic E-state index is 11.0. The molecule has 1 heterocycles. The lowest BCUT2D eigenvalue weighted by Gasteiger charge is -2.01. The number of carbonyl (C=O) groups excluding carboxylic acids is 1. The number of esters is 1. The second kappa shape index (κ2) is 4.02. The summed E-state index contributed by atoms with van der Waals surface area (Å²) in [7, 11) is 1.32. The molecule has 0 bridgehead atoms. The van der Waals surface area contributed by atoms with Gasteiger partial charge in [-0.15, -0.1) is 5.10 Å². The van der Waals surface area contributed by atoms with Gasteiger partial charge < -0.3 is 4.74 Å². The predicted molar refractivity (Wildman–Crippen MR) is 46.2 cm³/mol. The normalized spacial score (nSPS) is 10.5. The molecule has 1 aromatic rings. The Morgan fingerprint density at radius 1 is 1.69 bits per heavy atom. The minimum atomic E-state index is -0.449. The van der Waals surface area contributed by atoms with Gasteiger partial charge in [0.25, 0.3) is 0 Å². The van der Waals surface area contributed by atoms with Gasteiger partial charge in [-0.25, -0.2) is 4.79 Å². The lowest BCUT2D eigenvalue weighted by atomic mass is 10.2. The molecular formula is C8H13N3O2. The van der Waals surface area contributed by atoms with Crippen LogP contribution in [0.15, 0.2) is 6.20 Å². The lowest BCUT2D eigenvalue weighted by Crippen LogP contribution is -2.05. The van der Waals surface area contributed by atoms with Crippen LogP contribution in [0.4, 0.5) is 0 Å². The molecule has 13 heavy (non-hydrogen) atoms. The van der Waals surface area contributed by atoms with E-state index in [2.05, 4.69) is 28.9 Å². The van der Waals surface area contributed by atoms with Gasteiger partial charge in [0, 0.05) is 6.54 Å². The molecule has 0 saturated heterocycles. The van der Waals surface area contributed by atoms with Crippen molar-refractivity contribution in [3.8, 4) is 0 Å². The molecule has 0 unspecified atom stereocenters. The number of rotatable bonds is 3. The summed E-state index contributed by atoms with van der Waals surface area (Å²) in [5.41, 5.74) is 0.253. The van der Waals surface area contributed by atoms with Crippen molar-refractivity contribution in [2.75, 3.05) is 7.11 Å². The van der Waals surface area contributed by atoms with Crippen LogP contribution in [0.2, 0.25) is 0 Å². The van der Waals surface area contributed by atoms with Crippen molar-refractivity contribution in [3.05, 3.63) is 11.9 Å². The van der Waals surface area contributed by atoms with Gasteiger partial charge in [-0.05, 0) is 5.92 Å². The van der Waals surface area contributed by atoms with Crippen molar-refractivity contribution in [3.63, 3.8) is 0 Å². The molecular weight excluding hydrogens is 170 g/mol. The van der Waals surface area contributed by atoms with Gasteiger partial charge >= 0.3 is 5.97 Å². The van der Waals surface area contributed by atoms with E-state index in [4.69, 9.17) is 0 Å². The average molecular weight is 183 g/mol. The minimum Gasteiger partial charge on any atom is -0.464 e. The predicted octanol–water partition coefficient (Wildman–Crippen LogP) is 0.721. The molecule has 0 atom stereocenters. The van der Waals surface area contributed by atoms with Crippen molar-refractivity contribution in [2.45, 2.75) is 20.4 Å². The van der Waals surface area contributed by atoms with Crippen LogP contribution in [0.5, 0.6) is 0 Å². The van der Waals surface area contributed by atoms with Crippen molar-refractivity contribution in [2.24, 2.45) is 5.92 Å². The fourth-order valence-electron chi connectivity index (χ4n) is 0.960. The molecule has 0 aliphatic heterocycles. The van der Waals surface area contributed by atoms with Gasteiger partial charge in [0.1, 0.15) is 0 Å². The van der Waals surface area contributed by atoms with Gasteiger partial charge in [-0.3, -0.25) is 4.68 Å². The lowest BCUT2D eigenvalue weighted by molar-refractivity contribution is 0.0594. The maximum Gasteiger partial charge on any atom is 0.360 e. The Balaban J connectivity index is 2.69. The Bertz CT molecular complexity index is 293. The number of hydrogen-bond donors (Lipinski definition) is 0. The third-order valence-electron chi connectivity index (χ3n) is 1.49. The van der Waals surface area contributed by atoms with Crippen LogP contribution >= 0.6 is 0 Å². The first kappa shape index (κ1) is 9.70. The quantitative estimate of drug-likeness (QED) is 0.648. The van der Waals surface area contributed by atoms with Gasteiger partial charge in [0.15, 0.2) is 5.69 Å². The van der Waals surface area contributed by atoms with E-state index < -0.39 is 5.97 Å². The summed E-state index contributed by atoms with van der Waals surface area (Å²) in [6.07, 6.45) is 1.59. The standard InChI is InChI=1S/C8H13N3O2/c1-6(2)4-11-5-7(9-10-11)8(12)13-3/h5-6H,4H2,1-3H3. The molecule has 0 radical (unpaired) electrons. The number of hydrogen-bond acceptors (Lipinski definition) is 4. The van der Waals surface area contributed by atoms with Gasteiger partial charge in [-0.2, -0.15) is 0 Å². The molecule has 5 heteroatoms. The summed E-state index contributed by atoms with van der Waals surface area (Å²) < 4.78 is 6.14. The van der Waals surface area contributed by atoms with Crippen LogP contribution in [0.1, 0.15) is 24.3 Å². The van der Waals surface area contributed by atoms with Crippen LogP contribution in [0, 0.1) is 5.92 Å². The van der Waals surface area contributed by atoms with E-state index in [1.54, 1.807) is 10.9 Å². The molecule has 0 aromatic carbocycles. The van der Waals surface area contributed by atoms with Crippen molar-refractivity contribution >= 4 is 5.97 Å². The summed E-state index contributed by atoms with van der Waals surface area (Å²) in [6.45, 7) is 4.89. The first-order valence-corrected chi connectivity index (χ1v) is 4.12. The zero-order chi connectivity index (χ0) is 9.84. The topological polar surface area (TPSA) is 57.0 Å². The van der Waals surface area contributed by atoms with Gasteiger partial charge in [-0.1, -0.05) is 19.1 Å². The summed E-state index contributed by atoms with van der Waals surface area (Å²) in [5.74, 6) is 0.0298. The van der Waals surface area contributed by atoms with Crippen molar-refractivity contribution in [1.82, 2.24) is 15.0 Å². The van der Waals surface area contributed by atoms with Gasteiger partial charge in [0.2, 0.25) is 0 Å². The number of nitrogens with zero attached hydrogens (tertiary/aromatic N) is 3. The molecule has 5 nitrogen and oxygen atoms in total. The molecule has 0 amide bonds. The summed E-state index contributed by atoms with van der Waals surface area (Å²) in [5, 5.41) is 7.47. The molecule has 1 rings (SSSR count). The Kier molecular flexibility index (Phi) is 3.00. The Morgan fingerprint density at radius 3 is 2.92 bits per heavy atom. The van der Waals surface area contributed by atoms with E-state index in [0.717, 1.165) is 6.54 Å². The molecule has 0 fully saturated rings. The number of methoxy groups -OCH3 is 1. The van der Waals surface area contributed by atoms with E-state index in [9.17, 15) is 4.79 Å².